The largest absolute Gasteiger partial charge is 0.508 e. The van der Waals surface area contributed by atoms with Gasteiger partial charge in [0.25, 0.3) is 0 Å². The first kappa shape index (κ1) is 13.1. The molecule has 1 aromatic carbocycles. The Bertz CT molecular complexity index is 813. The number of phenols is 1. The number of imidazole rings is 1. The molecule has 3 aromatic rings. The molecule has 1 fully saturated rings. The van der Waals surface area contributed by atoms with E-state index in [0.29, 0.717) is 6.54 Å². The summed E-state index contributed by atoms with van der Waals surface area (Å²) in [5.74, 6) is 1.04. The predicted molar refractivity (Wildman–Crippen MR) is 82.9 cm³/mol. The SMILES string of the molecule is Oc1ccc(-c2cnc3c(N4CCC(O)C4)nccn23)cc1. The topological polar surface area (TPSA) is 73.9 Å². The first-order valence-corrected chi connectivity index (χ1v) is 7.27. The van der Waals surface area contributed by atoms with E-state index in [-0.39, 0.29) is 11.9 Å². The zero-order chi connectivity index (χ0) is 15.1. The van der Waals surface area contributed by atoms with E-state index < -0.39 is 0 Å². The van der Waals surface area contributed by atoms with Crippen molar-refractivity contribution in [3.63, 3.8) is 0 Å². The van der Waals surface area contributed by atoms with Crippen molar-refractivity contribution >= 4 is 11.5 Å². The standard InChI is InChI=1S/C16H16N4O2/c21-12-3-1-11(2-4-12)14-9-18-16-15(17-6-8-20(14)16)19-7-5-13(22)10-19/h1-4,6,8-9,13,21-22H,5,7,10H2. The number of benzene rings is 1. The summed E-state index contributed by atoms with van der Waals surface area (Å²) < 4.78 is 1.99. The van der Waals surface area contributed by atoms with Crippen molar-refractivity contribution in [1.29, 1.82) is 0 Å². The van der Waals surface area contributed by atoms with E-state index in [1.807, 2.05) is 22.7 Å². The van der Waals surface area contributed by atoms with Gasteiger partial charge in [-0.1, -0.05) is 0 Å². The van der Waals surface area contributed by atoms with Crippen molar-refractivity contribution in [1.82, 2.24) is 14.4 Å². The van der Waals surface area contributed by atoms with Gasteiger partial charge in [-0.2, -0.15) is 0 Å². The number of hydrogen-bond acceptors (Lipinski definition) is 5. The molecule has 6 nitrogen and oxygen atoms in total. The molecule has 0 radical (unpaired) electrons. The zero-order valence-corrected chi connectivity index (χ0v) is 11.9. The summed E-state index contributed by atoms with van der Waals surface area (Å²) in [6, 6.07) is 7.04. The van der Waals surface area contributed by atoms with Gasteiger partial charge in [-0.05, 0) is 30.7 Å². The van der Waals surface area contributed by atoms with Gasteiger partial charge >= 0.3 is 0 Å². The predicted octanol–water partition coefficient (Wildman–Crippen LogP) is 1.67. The molecule has 1 aliphatic heterocycles. The molecule has 3 heterocycles. The molecular weight excluding hydrogens is 280 g/mol. The molecule has 1 atom stereocenters. The summed E-state index contributed by atoms with van der Waals surface area (Å²) in [7, 11) is 0. The number of nitrogens with zero attached hydrogens (tertiary/aromatic N) is 4. The van der Waals surface area contributed by atoms with Gasteiger partial charge in [-0.3, -0.25) is 4.40 Å². The summed E-state index contributed by atoms with van der Waals surface area (Å²) in [6.07, 6.45) is 5.89. The molecule has 2 aromatic heterocycles. The lowest BCUT2D eigenvalue weighted by Crippen LogP contribution is -2.23. The number of rotatable bonds is 2. The highest BCUT2D eigenvalue weighted by molar-refractivity contribution is 5.71. The number of anilines is 1. The van der Waals surface area contributed by atoms with E-state index in [2.05, 4.69) is 14.9 Å². The third-order valence-electron chi connectivity index (χ3n) is 4.04. The minimum atomic E-state index is -0.298. The van der Waals surface area contributed by atoms with Gasteiger partial charge in [0.1, 0.15) is 5.75 Å². The maximum atomic E-state index is 9.72. The Hall–Kier alpha value is -2.60. The van der Waals surface area contributed by atoms with Crippen LogP contribution in [0.15, 0.2) is 42.9 Å². The van der Waals surface area contributed by atoms with Gasteiger partial charge in [0.05, 0.1) is 18.0 Å². The molecule has 0 spiro atoms. The molecule has 22 heavy (non-hydrogen) atoms. The van der Waals surface area contributed by atoms with Crippen molar-refractivity contribution in [3.8, 4) is 17.0 Å². The van der Waals surface area contributed by atoms with E-state index in [1.54, 1.807) is 24.5 Å². The average molecular weight is 296 g/mol. The van der Waals surface area contributed by atoms with Gasteiger partial charge in [-0.25, -0.2) is 9.97 Å². The van der Waals surface area contributed by atoms with Crippen molar-refractivity contribution in [3.05, 3.63) is 42.9 Å². The Morgan fingerprint density at radius 1 is 1.14 bits per heavy atom. The zero-order valence-electron chi connectivity index (χ0n) is 11.9. The minimum Gasteiger partial charge on any atom is -0.508 e. The second-order valence-corrected chi connectivity index (χ2v) is 5.52. The fraction of sp³-hybridized carbons (Fsp3) is 0.250. The monoisotopic (exact) mass is 296 g/mol. The first-order chi connectivity index (χ1) is 10.7. The van der Waals surface area contributed by atoms with Crippen LogP contribution in [0.5, 0.6) is 5.75 Å². The number of aromatic hydroxyl groups is 1. The highest BCUT2D eigenvalue weighted by Gasteiger charge is 2.24. The Morgan fingerprint density at radius 2 is 1.95 bits per heavy atom. The van der Waals surface area contributed by atoms with Gasteiger partial charge in [-0.15, -0.1) is 0 Å². The van der Waals surface area contributed by atoms with Gasteiger partial charge in [0.15, 0.2) is 11.5 Å². The molecule has 0 saturated carbocycles. The third kappa shape index (κ3) is 2.08. The minimum absolute atomic E-state index is 0.242. The quantitative estimate of drug-likeness (QED) is 0.752. The smallest absolute Gasteiger partial charge is 0.180 e. The second-order valence-electron chi connectivity index (χ2n) is 5.52. The van der Waals surface area contributed by atoms with Gasteiger partial charge < -0.3 is 15.1 Å². The number of hydrogen-bond donors (Lipinski definition) is 2. The molecule has 0 bridgehead atoms. The van der Waals surface area contributed by atoms with Crippen LogP contribution in [0.25, 0.3) is 16.9 Å². The first-order valence-electron chi connectivity index (χ1n) is 7.27. The Kier molecular flexibility index (Phi) is 2.97. The molecular formula is C16H16N4O2. The fourth-order valence-corrected chi connectivity index (χ4v) is 2.91. The summed E-state index contributed by atoms with van der Waals surface area (Å²) in [5, 5.41) is 19.1. The van der Waals surface area contributed by atoms with Gasteiger partial charge in [0, 0.05) is 31.0 Å². The average Bonchev–Trinajstić information content (AvgIpc) is 3.14. The maximum absolute atomic E-state index is 9.72. The number of aliphatic hydroxyl groups excluding tert-OH is 1. The Balaban J connectivity index is 1.81. The molecule has 2 N–H and O–H groups in total. The van der Waals surface area contributed by atoms with E-state index >= 15 is 0 Å². The number of phenolic OH excluding ortho intramolecular Hbond substituents is 1. The molecule has 0 aliphatic carbocycles. The summed E-state index contributed by atoms with van der Waals surface area (Å²) in [6.45, 7) is 1.38. The summed E-state index contributed by atoms with van der Waals surface area (Å²) >= 11 is 0. The number of aromatic nitrogens is 3. The van der Waals surface area contributed by atoms with Crippen LogP contribution in [0.3, 0.4) is 0 Å². The number of aliphatic hydroxyl groups is 1. The molecule has 1 unspecified atom stereocenters. The Labute approximate surface area is 127 Å². The van der Waals surface area contributed by atoms with Crippen LogP contribution in [0.2, 0.25) is 0 Å². The lowest BCUT2D eigenvalue weighted by Gasteiger charge is -2.17. The van der Waals surface area contributed by atoms with E-state index in [4.69, 9.17) is 0 Å². The van der Waals surface area contributed by atoms with Crippen LogP contribution in [0, 0.1) is 0 Å². The Morgan fingerprint density at radius 3 is 2.68 bits per heavy atom. The maximum Gasteiger partial charge on any atom is 0.180 e. The molecule has 0 amide bonds. The van der Waals surface area contributed by atoms with Crippen molar-refractivity contribution in [2.24, 2.45) is 0 Å². The van der Waals surface area contributed by atoms with Crippen LogP contribution >= 0.6 is 0 Å². The van der Waals surface area contributed by atoms with Crippen molar-refractivity contribution in [2.45, 2.75) is 12.5 Å². The van der Waals surface area contributed by atoms with Crippen LogP contribution in [-0.4, -0.2) is 43.8 Å². The van der Waals surface area contributed by atoms with Crippen LogP contribution in [0.4, 0.5) is 5.82 Å². The van der Waals surface area contributed by atoms with Crippen LogP contribution in [0.1, 0.15) is 6.42 Å². The third-order valence-corrected chi connectivity index (χ3v) is 4.04. The second kappa shape index (κ2) is 4.99. The number of fused-ring (bicyclic) bond motifs is 1. The van der Waals surface area contributed by atoms with Crippen molar-refractivity contribution < 1.29 is 10.2 Å². The van der Waals surface area contributed by atoms with Crippen LogP contribution < -0.4 is 4.90 Å². The lowest BCUT2D eigenvalue weighted by molar-refractivity contribution is 0.198. The molecule has 6 heteroatoms. The highest BCUT2D eigenvalue weighted by atomic mass is 16.3. The summed E-state index contributed by atoms with van der Waals surface area (Å²) in [5.41, 5.74) is 2.70. The molecule has 112 valence electrons. The highest BCUT2D eigenvalue weighted by Crippen LogP contribution is 2.27. The molecule has 1 aliphatic rings. The number of β-amino-alcohol motifs (C(OH)–C–C–N with tert-alkyl or cyclic N) is 1. The van der Waals surface area contributed by atoms with E-state index in [1.165, 1.54) is 0 Å². The van der Waals surface area contributed by atoms with E-state index in [0.717, 1.165) is 35.7 Å². The summed E-state index contributed by atoms with van der Waals surface area (Å²) in [4.78, 5) is 11.0. The van der Waals surface area contributed by atoms with E-state index in [9.17, 15) is 10.2 Å². The van der Waals surface area contributed by atoms with Crippen molar-refractivity contribution in [2.75, 3.05) is 18.0 Å². The van der Waals surface area contributed by atoms with Gasteiger partial charge in [0.2, 0.25) is 0 Å². The van der Waals surface area contributed by atoms with Crippen LogP contribution in [-0.2, 0) is 0 Å². The fourth-order valence-electron chi connectivity index (χ4n) is 2.91. The molecule has 4 rings (SSSR count). The molecule has 1 saturated heterocycles. The lowest BCUT2D eigenvalue weighted by atomic mass is 10.1. The normalized spacial score (nSPS) is 18.2.